The molecule has 3 aromatic rings. The van der Waals surface area contributed by atoms with E-state index >= 15 is 0 Å². The SMILES string of the molecule is CSCC[C@H](NC(=O)c1ccc2c(c1)NC(=O)CS2)c1nnc2ccccn12. The molecule has 2 amide bonds. The van der Waals surface area contributed by atoms with Gasteiger partial charge in [0, 0.05) is 16.7 Å². The minimum absolute atomic E-state index is 0.0529. The summed E-state index contributed by atoms with van der Waals surface area (Å²) in [6.45, 7) is 0. The van der Waals surface area contributed by atoms with Gasteiger partial charge in [-0.3, -0.25) is 14.0 Å². The number of carbonyl (C=O) groups excluding carboxylic acids is 2. The van der Waals surface area contributed by atoms with Crippen LogP contribution >= 0.6 is 23.5 Å². The van der Waals surface area contributed by atoms with Crippen molar-refractivity contribution in [1.82, 2.24) is 19.9 Å². The minimum atomic E-state index is -0.266. The summed E-state index contributed by atoms with van der Waals surface area (Å²) >= 11 is 3.19. The Bertz CT molecular complexity index is 1040. The van der Waals surface area contributed by atoms with Crippen LogP contribution in [0.3, 0.4) is 0 Å². The molecule has 3 heterocycles. The molecule has 1 aromatic carbocycles. The predicted octanol–water partition coefficient (Wildman–Crippen LogP) is 3.00. The summed E-state index contributed by atoms with van der Waals surface area (Å²) in [4.78, 5) is 25.5. The highest BCUT2D eigenvalue weighted by Crippen LogP contribution is 2.32. The average molecular weight is 414 g/mol. The van der Waals surface area contributed by atoms with Crippen molar-refractivity contribution in [1.29, 1.82) is 0 Å². The van der Waals surface area contributed by atoms with Crippen molar-refractivity contribution in [3.63, 3.8) is 0 Å². The van der Waals surface area contributed by atoms with E-state index in [1.54, 1.807) is 23.9 Å². The molecule has 0 aliphatic carbocycles. The molecule has 1 aliphatic rings. The number of anilines is 1. The Morgan fingerprint density at radius 2 is 2.25 bits per heavy atom. The lowest BCUT2D eigenvalue weighted by Gasteiger charge is -2.19. The van der Waals surface area contributed by atoms with E-state index in [9.17, 15) is 9.59 Å². The van der Waals surface area contributed by atoms with Crippen LogP contribution in [0.5, 0.6) is 0 Å². The molecule has 7 nitrogen and oxygen atoms in total. The number of pyridine rings is 1. The molecule has 0 saturated carbocycles. The van der Waals surface area contributed by atoms with Crippen molar-refractivity contribution in [3.8, 4) is 0 Å². The second-order valence-corrected chi connectivity index (χ2v) is 8.35. The molecule has 0 bridgehead atoms. The highest BCUT2D eigenvalue weighted by atomic mass is 32.2. The highest BCUT2D eigenvalue weighted by Gasteiger charge is 2.22. The van der Waals surface area contributed by atoms with E-state index in [1.165, 1.54) is 11.8 Å². The number of aromatic nitrogens is 3. The van der Waals surface area contributed by atoms with Crippen LogP contribution in [0.15, 0.2) is 47.5 Å². The fourth-order valence-corrected chi connectivity index (χ4v) is 4.32. The molecule has 0 unspecified atom stereocenters. The van der Waals surface area contributed by atoms with Crippen LogP contribution in [0.1, 0.15) is 28.6 Å². The molecular weight excluding hydrogens is 394 g/mol. The van der Waals surface area contributed by atoms with E-state index in [2.05, 4.69) is 20.8 Å². The van der Waals surface area contributed by atoms with Crippen molar-refractivity contribution < 1.29 is 9.59 Å². The standard InChI is InChI=1S/C19H19N5O2S2/c1-27-9-7-13(18-23-22-16-4-2-3-8-24(16)18)21-19(26)12-5-6-15-14(10-12)20-17(25)11-28-15/h2-6,8,10,13H,7,9,11H2,1H3,(H,20,25)(H,21,26)/t13-/m0/s1. The fourth-order valence-electron chi connectivity index (χ4n) is 3.06. The number of rotatable bonds is 6. The van der Waals surface area contributed by atoms with Crippen LogP contribution in [0, 0.1) is 0 Å². The molecule has 2 aromatic heterocycles. The summed E-state index contributed by atoms with van der Waals surface area (Å²) in [6, 6.07) is 10.8. The Balaban J connectivity index is 1.59. The van der Waals surface area contributed by atoms with Gasteiger partial charge in [0.1, 0.15) is 0 Å². The summed E-state index contributed by atoms with van der Waals surface area (Å²) < 4.78 is 1.90. The van der Waals surface area contributed by atoms with Gasteiger partial charge in [0.05, 0.1) is 17.5 Å². The maximum atomic E-state index is 12.9. The first-order chi connectivity index (χ1) is 13.7. The second-order valence-electron chi connectivity index (χ2n) is 6.34. The average Bonchev–Trinajstić information content (AvgIpc) is 3.14. The zero-order valence-electron chi connectivity index (χ0n) is 15.2. The number of nitrogens with one attached hydrogen (secondary N) is 2. The van der Waals surface area contributed by atoms with Gasteiger partial charge < -0.3 is 10.6 Å². The summed E-state index contributed by atoms with van der Waals surface area (Å²) in [5.41, 5.74) is 1.93. The third-order valence-corrected chi connectivity index (χ3v) is 6.16. The lowest BCUT2D eigenvalue weighted by Crippen LogP contribution is -2.30. The maximum absolute atomic E-state index is 12.9. The third-order valence-electron chi connectivity index (χ3n) is 4.44. The van der Waals surface area contributed by atoms with Crippen molar-refractivity contribution in [2.24, 2.45) is 0 Å². The van der Waals surface area contributed by atoms with Gasteiger partial charge in [0.15, 0.2) is 11.5 Å². The number of benzene rings is 1. The normalized spacial score (nSPS) is 14.4. The Morgan fingerprint density at radius 3 is 3.11 bits per heavy atom. The van der Waals surface area contributed by atoms with Crippen molar-refractivity contribution in [3.05, 3.63) is 54.0 Å². The van der Waals surface area contributed by atoms with E-state index in [0.29, 0.717) is 22.8 Å². The molecule has 0 saturated heterocycles. The molecule has 0 spiro atoms. The van der Waals surface area contributed by atoms with E-state index in [-0.39, 0.29) is 17.9 Å². The van der Waals surface area contributed by atoms with E-state index in [4.69, 9.17) is 0 Å². The van der Waals surface area contributed by atoms with Crippen LogP contribution < -0.4 is 10.6 Å². The van der Waals surface area contributed by atoms with Crippen molar-refractivity contribution in [2.75, 3.05) is 23.1 Å². The first-order valence-corrected chi connectivity index (χ1v) is 11.2. The Labute approximate surface area is 170 Å². The lowest BCUT2D eigenvalue weighted by molar-refractivity contribution is -0.113. The number of hydrogen-bond donors (Lipinski definition) is 2. The first kappa shape index (κ1) is 18.8. The lowest BCUT2D eigenvalue weighted by atomic mass is 10.1. The molecule has 144 valence electrons. The molecule has 9 heteroatoms. The quantitative estimate of drug-likeness (QED) is 0.646. The molecule has 1 aliphatic heterocycles. The van der Waals surface area contributed by atoms with Crippen LogP contribution in [0.25, 0.3) is 5.65 Å². The van der Waals surface area contributed by atoms with E-state index in [1.807, 2.05) is 41.1 Å². The number of nitrogens with zero attached hydrogens (tertiary/aromatic N) is 3. The maximum Gasteiger partial charge on any atom is 0.251 e. The van der Waals surface area contributed by atoms with Crippen LogP contribution in [-0.4, -0.2) is 44.2 Å². The molecule has 4 rings (SSSR count). The van der Waals surface area contributed by atoms with Gasteiger partial charge in [-0.2, -0.15) is 11.8 Å². The Hall–Kier alpha value is -2.52. The molecule has 0 fully saturated rings. The largest absolute Gasteiger partial charge is 0.342 e. The van der Waals surface area contributed by atoms with Crippen LogP contribution in [0.4, 0.5) is 5.69 Å². The summed E-state index contributed by atoms with van der Waals surface area (Å²) in [5, 5.41) is 14.4. The summed E-state index contributed by atoms with van der Waals surface area (Å²) in [6.07, 6.45) is 4.67. The Kier molecular flexibility index (Phi) is 5.54. The zero-order valence-corrected chi connectivity index (χ0v) is 16.8. The van der Waals surface area contributed by atoms with Crippen molar-refractivity contribution >= 4 is 46.7 Å². The number of amides is 2. The van der Waals surface area contributed by atoms with Gasteiger partial charge in [-0.05, 0) is 48.8 Å². The van der Waals surface area contributed by atoms with E-state index in [0.717, 1.165) is 22.7 Å². The second kappa shape index (κ2) is 8.24. The molecule has 28 heavy (non-hydrogen) atoms. The first-order valence-electron chi connectivity index (χ1n) is 8.82. The molecule has 2 N–H and O–H groups in total. The predicted molar refractivity (Wildman–Crippen MR) is 112 cm³/mol. The van der Waals surface area contributed by atoms with Gasteiger partial charge in [-0.25, -0.2) is 0 Å². The summed E-state index contributed by atoms with van der Waals surface area (Å²) in [7, 11) is 0. The van der Waals surface area contributed by atoms with Crippen molar-refractivity contribution in [2.45, 2.75) is 17.4 Å². The number of carbonyl (C=O) groups is 2. The van der Waals surface area contributed by atoms with Crippen LogP contribution in [-0.2, 0) is 4.79 Å². The fraction of sp³-hybridized carbons (Fsp3) is 0.263. The van der Waals surface area contributed by atoms with Gasteiger partial charge >= 0.3 is 0 Å². The molecule has 1 atom stereocenters. The molecule has 0 radical (unpaired) electrons. The minimum Gasteiger partial charge on any atom is -0.342 e. The highest BCUT2D eigenvalue weighted by molar-refractivity contribution is 8.00. The number of thioether (sulfide) groups is 2. The Morgan fingerprint density at radius 1 is 1.36 bits per heavy atom. The third kappa shape index (κ3) is 3.85. The topological polar surface area (TPSA) is 88.4 Å². The van der Waals surface area contributed by atoms with Crippen LogP contribution in [0.2, 0.25) is 0 Å². The smallest absolute Gasteiger partial charge is 0.251 e. The number of hydrogen-bond acceptors (Lipinski definition) is 6. The summed E-state index contributed by atoms with van der Waals surface area (Å²) in [5.74, 6) is 1.73. The van der Waals surface area contributed by atoms with E-state index < -0.39 is 0 Å². The number of fused-ring (bicyclic) bond motifs is 2. The monoisotopic (exact) mass is 413 g/mol. The van der Waals surface area contributed by atoms with Gasteiger partial charge in [-0.15, -0.1) is 22.0 Å². The van der Waals surface area contributed by atoms with Gasteiger partial charge in [-0.1, -0.05) is 6.07 Å². The van der Waals surface area contributed by atoms with Gasteiger partial charge in [0.2, 0.25) is 5.91 Å². The molecular formula is C19H19N5O2S2. The zero-order chi connectivity index (χ0) is 19.5. The van der Waals surface area contributed by atoms with Gasteiger partial charge in [0.25, 0.3) is 5.91 Å².